The molecule has 7 heteroatoms. The van der Waals surface area contributed by atoms with Crippen LogP contribution in [0, 0.1) is 0 Å². The van der Waals surface area contributed by atoms with E-state index in [-0.39, 0.29) is 11.1 Å². The molecule has 0 aliphatic carbocycles. The molecular formula is C40H58O5Si2. The van der Waals surface area contributed by atoms with Crippen molar-refractivity contribution in [2.45, 2.75) is 127 Å². The molecule has 1 saturated heterocycles. The molecule has 5 nitrogen and oxygen atoms in total. The van der Waals surface area contributed by atoms with E-state index < -0.39 is 34.6 Å². The van der Waals surface area contributed by atoms with Gasteiger partial charge in [0, 0.05) is 18.6 Å². The Bertz CT molecular complexity index is 1380. The predicted octanol–water partition coefficient (Wildman–Crippen LogP) is 8.09. The fraction of sp³-hybridized carbons (Fsp3) is 0.550. The number of fused-ring (bicyclic) bond motifs is 2. The number of benzene rings is 3. The molecule has 0 saturated carbocycles. The normalized spacial score (nSPS) is 23.9. The topological polar surface area (TPSA) is 57.2 Å². The Kier molecular flexibility index (Phi) is 11.1. The number of hydrogen-bond donors (Lipinski definition) is 1. The van der Waals surface area contributed by atoms with Crippen LogP contribution in [0.25, 0.3) is 0 Å². The smallest absolute Gasteiger partial charge is 0.261 e. The van der Waals surface area contributed by atoms with Crippen molar-refractivity contribution in [1.82, 2.24) is 0 Å². The first-order chi connectivity index (χ1) is 22.3. The van der Waals surface area contributed by atoms with Gasteiger partial charge < -0.3 is 23.4 Å². The summed E-state index contributed by atoms with van der Waals surface area (Å²) in [7, 11) is -5.04. The van der Waals surface area contributed by atoms with Gasteiger partial charge in [0.2, 0.25) is 14.1 Å². The van der Waals surface area contributed by atoms with Crippen LogP contribution in [0.15, 0.2) is 84.9 Å². The SMILES string of the molecule is CC(C)[Si](O[C@@H]1C[C@@H](CCO[Si](c2ccccc2)(c2ccccc2)C(C)(C)C)O[C@]2(OCCc3ccccc32)[C@H]1O)(C(C)C)C(C)C. The highest BCUT2D eigenvalue weighted by Crippen LogP contribution is 2.49. The second-order valence-electron chi connectivity index (χ2n) is 15.6. The fourth-order valence-electron chi connectivity index (χ4n) is 8.87. The number of rotatable bonds is 11. The Morgan fingerprint density at radius 1 is 0.809 bits per heavy atom. The molecule has 5 rings (SSSR count). The second kappa shape index (κ2) is 14.4. The molecule has 0 unspecified atom stereocenters. The van der Waals surface area contributed by atoms with Crippen LogP contribution >= 0.6 is 0 Å². The van der Waals surface area contributed by atoms with Crippen molar-refractivity contribution in [2.24, 2.45) is 0 Å². The zero-order valence-corrected chi connectivity index (χ0v) is 32.2. The summed E-state index contributed by atoms with van der Waals surface area (Å²) in [4.78, 5) is 0. The van der Waals surface area contributed by atoms with E-state index in [1.165, 1.54) is 15.9 Å². The van der Waals surface area contributed by atoms with Crippen molar-refractivity contribution in [3.8, 4) is 0 Å². The van der Waals surface area contributed by atoms with E-state index in [1.807, 2.05) is 6.07 Å². The average molecular weight is 675 g/mol. The molecule has 4 atom stereocenters. The monoisotopic (exact) mass is 674 g/mol. The van der Waals surface area contributed by atoms with Gasteiger partial charge in [-0.3, -0.25) is 0 Å². The lowest BCUT2D eigenvalue weighted by Gasteiger charge is -2.53. The van der Waals surface area contributed by atoms with E-state index in [0.29, 0.717) is 42.7 Å². The molecule has 1 N–H and O–H groups in total. The third-order valence-electron chi connectivity index (χ3n) is 10.9. The first kappa shape index (κ1) is 36.2. The largest absolute Gasteiger partial charge is 0.410 e. The van der Waals surface area contributed by atoms with Crippen molar-refractivity contribution < 1.29 is 23.4 Å². The number of ether oxygens (including phenoxy) is 2. The number of aliphatic hydroxyl groups excluding tert-OH is 1. The maximum absolute atomic E-state index is 12.3. The maximum atomic E-state index is 12.3. The fourth-order valence-corrected chi connectivity index (χ4v) is 19.0. The summed E-state index contributed by atoms with van der Waals surface area (Å²) < 4.78 is 28.3. The molecule has 1 fully saturated rings. The number of hydrogen-bond acceptors (Lipinski definition) is 5. The Morgan fingerprint density at radius 2 is 1.34 bits per heavy atom. The lowest BCUT2D eigenvalue weighted by molar-refractivity contribution is -0.353. The van der Waals surface area contributed by atoms with Crippen LogP contribution in [-0.4, -0.2) is 53.3 Å². The zero-order chi connectivity index (χ0) is 34.0. The summed E-state index contributed by atoms with van der Waals surface area (Å²) in [5.74, 6) is -1.27. The number of aliphatic hydroxyl groups is 1. The van der Waals surface area contributed by atoms with Gasteiger partial charge >= 0.3 is 0 Å². The third kappa shape index (κ3) is 6.62. The lowest BCUT2D eigenvalue weighted by atomic mass is 9.84. The predicted molar refractivity (Wildman–Crippen MR) is 197 cm³/mol. The molecule has 256 valence electrons. The van der Waals surface area contributed by atoms with Crippen LogP contribution in [-0.2, 0) is 30.5 Å². The molecule has 47 heavy (non-hydrogen) atoms. The van der Waals surface area contributed by atoms with Crippen LogP contribution in [0.1, 0.15) is 86.3 Å². The Morgan fingerprint density at radius 3 is 1.87 bits per heavy atom. The molecular weight excluding hydrogens is 617 g/mol. The van der Waals surface area contributed by atoms with Gasteiger partial charge in [-0.05, 0) is 50.4 Å². The molecule has 1 spiro atoms. The van der Waals surface area contributed by atoms with E-state index in [0.717, 1.165) is 12.0 Å². The van der Waals surface area contributed by atoms with Gasteiger partial charge in [-0.1, -0.05) is 147 Å². The quantitative estimate of drug-likeness (QED) is 0.209. The molecule has 0 amide bonds. The Labute approximate surface area is 286 Å². The van der Waals surface area contributed by atoms with Crippen molar-refractivity contribution in [3.63, 3.8) is 0 Å². The van der Waals surface area contributed by atoms with Gasteiger partial charge in [0.1, 0.15) is 6.10 Å². The highest BCUT2D eigenvalue weighted by Gasteiger charge is 2.58. The van der Waals surface area contributed by atoms with Crippen LogP contribution < -0.4 is 10.4 Å². The first-order valence-corrected chi connectivity index (χ1v) is 21.9. The Hall–Kier alpha value is -2.11. The van der Waals surface area contributed by atoms with Gasteiger partial charge in [-0.2, -0.15) is 0 Å². The Balaban J connectivity index is 1.51. The van der Waals surface area contributed by atoms with E-state index >= 15 is 0 Å². The van der Waals surface area contributed by atoms with E-state index in [2.05, 4.69) is 141 Å². The van der Waals surface area contributed by atoms with Gasteiger partial charge in [-0.25, -0.2) is 0 Å². The van der Waals surface area contributed by atoms with Crippen molar-refractivity contribution in [2.75, 3.05) is 13.2 Å². The third-order valence-corrected chi connectivity index (χ3v) is 22.1. The first-order valence-electron chi connectivity index (χ1n) is 17.8. The van der Waals surface area contributed by atoms with Crippen molar-refractivity contribution in [3.05, 3.63) is 96.1 Å². The minimum absolute atomic E-state index is 0.116. The highest BCUT2D eigenvalue weighted by atomic mass is 28.4. The molecule has 0 aromatic heterocycles. The molecule has 2 aliphatic heterocycles. The molecule has 0 bridgehead atoms. The summed E-state index contributed by atoms with van der Waals surface area (Å²) in [6, 6.07) is 29.9. The molecule has 2 heterocycles. The minimum atomic E-state index is -2.71. The van der Waals surface area contributed by atoms with E-state index in [9.17, 15) is 5.11 Å². The van der Waals surface area contributed by atoms with E-state index in [1.54, 1.807) is 0 Å². The van der Waals surface area contributed by atoms with Crippen LogP contribution in [0.3, 0.4) is 0 Å². The van der Waals surface area contributed by atoms with Crippen LogP contribution in [0.2, 0.25) is 21.7 Å². The van der Waals surface area contributed by atoms with Gasteiger partial charge in [-0.15, -0.1) is 0 Å². The summed E-state index contributed by atoms with van der Waals surface area (Å²) in [5, 5.41) is 14.7. The van der Waals surface area contributed by atoms with E-state index in [4.69, 9.17) is 18.3 Å². The summed E-state index contributed by atoms with van der Waals surface area (Å²) in [6.07, 6.45) is 0.492. The standard InChI is InChI=1S/C40H58O5Si2/c1-29(2)46(30(3)4,31(5)6)45-37-28-33(44-40(38(37)41)36-23-17-16-18-32(36)24-26-42-40)25-27-43-47(39(7,8)9,34-19-12-10-13-20-34)35-21-14-11-15-22-35/h10-23,29-31,33,37-38,41H,24-28H2,1-9H3/t33-,37-,38+,40+/m1/s1. The summed E-state index contributed by atoms with van der Waals surface area (Å²) in [5.41, 5.74) is 3.27. The highest BCUT2D eigenvalue weighted by molar-refractivity contribution is 6.99. The van der Waals surface area contributed by atoms with Gasteiger partial charge in [0.15, 0.2) is 0 Å². The van der Waals surface area contributed by atoms with Crippen molar-refractivity contribution in [1.29, 1.82) is 0 Å². The lowest BCUT2D eigenvalue weighted by Crippen LogP contribution is -2.67. The second-order valence-corrected chi connectivity index (χ2v) is 25.3. The summed E-state index contributed by atoms with van der Waals surface area (Å²) >= 11 is 0. The molecule has 2 aliphatic rings. The van der Waals surface area contributed by atoms with Crippen LogP contribution in [0.4, 0.5) is 0 Å². The maximum Gasteiger partial charge on any atom is 0.261 e. The minimum Gasteiger partial charge on any atom is -0.410 e. The van der Waals surface area contributed by atoms with Crippen molar-refractivity contribution >= 4 is 27.0 Å². The summed E-state index contributed by atoms with van der Waals surface area (Å²) in [6.45, 7) is 21.8. The average Bonchev–Trinajstić information content (AvgIpc) is 3.04. The van der Waals surface area contributed by atoms with Gasteiger partial charge in [0.05, 0.1) is 18.8 Å². The molecule has 0 radical (unpaired) electrons. The zero-order valence-electron chi connectivity index (χ0n) is 30.2. The van der Waals surface area contributed by atoms with Gasteiger partial charge in [0.25, 0.3) is 8.32 Å². The molecule has 3 aromatic carbocycles. The molecule has 3 aromatic rings. The van der Waals surface area contributed by atoms with Crippen LogP contribution in [0.5, 0.6) is 0 Å².